The molecule has 0 N–H and O–H groups in total. The van der Waals surface area contributed by atoms with E-state index in [1.807, 2.05) is 12.1 Å². The normalized spacial score (nSPS) is 41.8. The van der Waals surface area contributed by atoms with Gasteiger partial charge in [-0.25, -0.2) is 0 Å². The molecule has 3 saturated carbocycles. The van der Waals surface area contributed by atoms with Crippen molar-refractivity contribution in [1.29, 1.82) is 0 Å². The Hall–Kier alpha value is 0.280. The number of alkyl halides is 1. The molecule has 5 unspecified atom stereocenters. The number of halogens is 3. The first-order valence-corrected chi connectivity index (χ1v) is 8.43. The molecule has 3 fully saturated rings. The molecule has 3 aliphatic carbocycles. The summed E-state index contributed by atoms with van der Waals surface area (Å²) in [6.07, 6.45) is 4.46. The molecular formula is C15H15BrCl2. The fourth-order valence-electron chi connectivity index (χ4n) is 4.69. The monoisotopic (exact) mass is 344 g/mol. The topological polar surface area (TPSA) is 0 Å². The highest BCUT2D eigenvalue weighted by Gasteiger charge is 2.66. The summed E-state index contributed by atoms with van der Waals surface area (Å²) in [5, 5.41) is 1.32. The molecule has 5 atom stereocenters. The molecule has 0 heterocycles. The summed E-state index contributed by atoms with van der Waals surface area (Å²) in [5.74, 6) is 4.86. The Morgan fingerprint density at radius 1 is 1.06 bits per heavy atom. The Morgan fingerprint density at radius 3 is 2.33 bits per heavy atom. The van der Waals surface area contributed by atoms with Crippen LogP contribution in [0.15, 0.2) is 18.2 Å². The van der Waals surface area contributed by atoms with Gasteiger partial charge in [-0.2, -0.15) is 0 Å². The van der Waals surface area contributed by atoms with Gasteiger partial charge < -0.3 is 0 Å². The first-order valence-electron chi connectivity index (χ1n) is 6.76. The van der Waals surface area contributed by atoms with E-state index >= 15 is 0 Å². The van der Waals surface area contributed by atoms with Crippen LogP contribution in [0.1, 0.15) is 29.7 Å². The maximum atomic E-state index is 6.12. The van der Waals surface area contributed by atoms with Gasteiger partial charge in [0, 0.05) is 4.83 Å². The SMILES string of the molecule is Clc1ccc(C(Br)C2C3C4CCC(C4)C32)cc1Cl. The van der Waals surface area contributed by atoms with E-state index in [2.05, 4.69) is 22.0 Å². The minimum atomic E-state index is 0.464. The number of fused-ring (bicyclic) bond motifs is 5. The number of hydrogen-bond donors (Lipinski definition) is 0. The van der Waals surface area contributed by atoms with Crippen molar-refractivity contribution < 1.29 is 0 Å². The second-order valence-electron chi connectivity index (χ2n) is 6.14. The Labute approximate surface area is 126 Å². The van der Waals surface area contributed by atoms with Crippen molar-refractivity contribution in [3.05, 3.63) is 33.8 Å². The van der Waals surface area contributed by atoms with Crippen molar-refractivity contribution in [2.24, 2.45) is 29.6 Å². The zero-order valence-corrected chi connectivity index (χ0v) is 13.0. The van der Waals surface area contributed by atoms with E-state index in [0.717, 1.165) is 29.6 Å². The van der Waals surface area contributed by atoms with Crippen molar-refractivity contribution in [1.82, 2.24) is 0 Å². The predicted octanol–water partition coefficient (Wildman–Crippen LogP) is 5.72. The van der Waals surface area contributed by atoms with Crippen LogP contribution in [0.25, 0.3) is 0 Å². The quantitative estimate of drug-likeness (QED) is 0.601. The van der Waals surface area contributed by atoms with Crippen LogP contribution in [-0.4, -0.2) is 0 Å². The minimum absolute atomic E-state index is 0.464. The van der Waals surface area contributed by atoms with E-state index in [1.54, 1.807) is 0 Å². The second kappa shape index (κ2) is 4.14. The summed E-state index contributed by atoms with van der Waals surface area (Å²) >= 11 is 16.0. The Morgan fingerprint density at radius 2 is 1.72 bits per heavy atom. The lowest BCUT2D eigenvalue weighted by atomic mass is 9.97. The Balaban J connectivity index is 1.58. The highest BCUT2D eigenvalue weighted by Crippen LogP contribution is 2.73. The van der Waals surface area contributed by atoms with Gasteiger partial charge in [0.2, 0.25) is 0 Å². The van der Waals surface area contributed by atoms with Crippen LogP contribution in [0.5, 0.6) is 0 Å². The molecule has 0 radical (unpaired) electrons. The fourth-order valence-corrected chi connectivity index (χ4v) is 5.99. The van der Waals surface area contributed by atoms with Gasteiger partial charge in [-0.3, -0.25) is 0 Å². The number of hydrogen-bond acceptors (Lipinski definition) is 0. The van der Waals surface area contributed by atoms with Crippen LogP contribution in [0, 0.1) is 29.6 Å². The fraction of sp³-hybridized carbons (Fsp3) is 0.600. The van der Waals surface area contributed by atoms with Crippen molar-refractivity contribution in [2.45, 2.75) is 24.1 Å². The standard InChI is InChI=1S/C15H15BrCl2/c16-15(9-3-4-10(17)11(18)6-9)14-12-7-1-2-8(5-7)13(12)14/h3-4,6-8,12-15H,1-2,5H2. The van der Waals surface area contributed by atoms with Crippen molar-refractivity contribution in [2.75, 3.05) is 0 Å². The summed E-state index contributed by atoms with van der Waals surface area (Å²) in [4.78, 5) is 0.464. The van der Waals surface area contributed by atoms with Crippen LogP contribution < -0.4 is 0 Å². The smallest absolute Gasteiger partial charge is 0.0595 e. The van der Waals surface area contributed by atoms with E-state index in [-0.39, 0.29) is 0 Å². The first-order chi connectivity index (χ1) is 8.66. The van der Waals surface area contributed by atoms with Crippen LogP contribution in [-0.2, 0) is 0 Å². The Bertz CT molecular complexity index is 485. The molecule has 1 aromatic carbocycles. The molecule has 3 heteroatoms. The molecule has 3 aliphatic rings. The van der Waals surface area contributed by atoms with E-state index in [4.69, 9.17) is 23.2 Å². The first kappa shape index (κ1) is 12.1. The van der Waals surface area contributed by atoms with Crippen LogP contribution in [0.3, 0.4) is 0 Å². The van der Waals surface area contributed by atoms with Crippen molar-refractivity contribution in [3.63, 3.8) is 0 Å². The molecule has 0 saturated heterocycles. The van der Waals surface area contributed by atoms with Gasteiger partial charge in [0.1, 0.15) is 0 Å². The highest BCUT2D eigenvalue weighted by molar-refractivity contribution is 9.09. The average Bonchev–Trinajstić information content (AvgIpc) is 2.80. The van der Waals surface area contributed by atoms with Gasteiger partial charge in [0.15, 0.2) is 0 Å². The summed E-state index contributed by atoms with van der Waals surface area (Å²) in [5.41, 5.74) is 1.29. The predicted molar refractivity (Wildman–Crippen MR) is 79.4 cm³/mol. The summed E-state index contributed by atoms with van der Waals surface area (Å²) in [6.45, 7) is 0. The molecular weight excluding hydrogens is 331 g/mol. The van der Waals surface area contributed by atoms with Gasteiger partial charge in [-0.15, -0.1) is 0 Å². The molecule has 1 aromatic rings. The maximum Gasteiger partial charge on any atom is 0.0595 e. The van der Waals surface area contributed by atoms with E-state index in [9.17, 15) is 0 Å². The Kier molecular flexibility index (Phi) is 2.77. The lowest BCUT2D eigenvalue weighted by Gasteiger charge is -2.15. The molecule has 0 aromatic heterocycles. The number of benzene rings is 1. The van der Waals surface area contributed by atoms with Gasteiger partial charge in [0.25, 0.3) is 0 Å². The van der Waals surface area contributed by atoms with Crippen LogP contribution >= 0.6 is 39.1 Å². The molecule has 0 amide bonds. The van der Waals surface area contributed by atoms with E-state index < -0.39 is 0 Å². The molecule has 0 spiro atoms. The van der Waals surface area contributed by atoms with Crippen LogP contribution in [0.2, 0.25) is 10.0 Å². The maximum absolute atomic E-state index is 6.12. The molecule has 0 aliphatic heterocycles. The minimum Gasteiger partial charge on any atom is -0.0836 e. The largest absolute Gasteiger partial charge is 0.0836 e. The third-order valence-electron chi connectivity index (χ3n) is 5.39. The lowest BCUT2D eigenvalue weighted by Crippen LogP contribution is -2.03. The summed E-state index contributed by atoms with van der Waals surface area (Å²) < 4.78 is 0. The van der Waals surface area contributed by atoms with Gasteiger partial charge >= 0.3 is 0 Å². The van der Waals surface area contributed by atoms with E-state index in [0.29, 0.717) is 14.9 Å². The van der Waals surface area contributed by atoms with Gasteiger partial charge in [0.05, 0.1) is 10.0 Å². The van der Waals surface area contributed by atoms with E-state index in [1.165, 1.54) is 24.8 Å². The molecule has 96 valence electrons. The highest BCUT2D eigenvalue weighted by atomic mass is 79.9. The van der Waals surface area contributed by atoms with Gasteiger partial charge in [-0.05, 0) is 66.5 Å². The second-order valence-corrected chi connectivity index (χ2v) is 7.94. The third-order valence-corrected chi connectivity index (χ3v) is 7.27. The zero-order valence-electron chi connectivity index (χ0n) is 9.95. The van der Waals surface area contributed by atoms with Crippen molar-refractivity contribution in [3.8, 4) is 0 Å². The molecule has 4 rings (SSSR count). The van der Waals surface area contributed by atoms with Crippen LogP contribution in [0.4, 0.5) is 0 Å². The average molecular weight is 346 g/mol. The summed E-state index contributed by atoms with van der Waals surface area (Å²) in [7, 11) is 0. The van der Waals surface area contributed by atoms with Gasteiger partial charge in [-0.1, -0.05) is 45.2 Å². The zero-order chi connectivity index (χ0) is 12.4. The molecule has 2 bridgehead atoms. The summed E-state index contributed by atoms with van der Waals surface area (Å²) in [6, 6.07) is 6.06. The number of rotatable bonds is 2. The molecule has 18 heavy (non-hydrogen) atoms. The third kappa shape index (κ3) is 1.63. The molecule has 0 nitrogen and oxygen atoms in total. The van der Waals surface area contributed by atoms with Crippen molar-refractivity contribution >= 4 is 39.1 Å². The lowest BCUT2D eigenvalue weighted by molar-refractivity contribution is 0.456.